The average molecular weight is 303 g/mol. The Morgan fingerprint density at radius 1 is 0.696 bits per heavy atom. The van der Waals surface area contributed by atoms with Crippen LogP contribution in [0.2, 0.25) is 0 Å². The highest BCUT2D eigenvalue weighted by atomic mass is 16.5. The first kappa shape index (κ1) is 15.3. The summed E-state index contributed by atoms with van der Waals surface area (Å²) in [4.78, 5) is 0. The summed E-state index contributed by atoms with van der Waals surface area (Å²) >= 11 is 0. The second-order valence-corrected chi connectivity index (χ2v) is 5.64. The topological polar surface area (TPSA) is 35.2 Å². The molecule has 0 saturated carbocycles. The van der Waals surface area contributed by atoms with Crippen LogP contribution in [0.4, 0.5) is 0 Å². The average Bonchev–Trinajstić information content (AvgIpc) is 2.62. The van der Waals surface area contributed by atoms with Gasteiger partial charge in [-0.1, -0.05) is 72.8 Å². The minimum atomic E-state index is 0.000531. The van der Waals surface area contributed by atoms with Crippen LogP contribution in [-0.4, -0.2) is 0 Å². The molecule has 3 rings (SSSR count). The third kappa shape index (κ3) is 4.44. The smallest absolute Gasteiger partial charge is 0.119 e. The van der Waals surface area contributed by atoms with Gasteiger partial charge in [0.05, 0.1) is 0 Å². The van der Waals surface area contributed by atoms with E-state index in [-0.39, 0.29) is 6.04 Å². The number of ether oxygens (including phenoxy) is 1. The van der Waals surface area contributed by atoms with Crippen molar-refractivity contribution in [2.45, 2.75) is 19.1 Å². The highest BCUT2D eigenvalue weighted by Crippen LogP contribution is 2.20. The van der Waals surface area contributed by atoms with Gasteiger partial charge < -0.3 is 10.5 Å². The molecule has 0 radical (unpaired) electrons. The van der Waals surface area contributed by atoms with Crippen molar-refractivity contribution in [2.24, 2.45) is 5.73 Å². The standard InChI is InChI=1S/C21H21NO/c22-21(15-17-7-3-1-4-8-17)19-11-13-20(14-12-19)23-16-18-9-5-2-6-10-18/h1-14,21H,15-16,22H2. The van der Waals surface area contributed by atoms with Crippen molar-refractivity contribution in [2.75, 3.05) is 0 Å². The Morgan fingerprint density at radius 3 is 1.87 bits per heavy atom. The first-order chi connectivity index (χ1) is 11.3. The van der Waals surface area contributed by atoms with Crippen molar-refractivity contribution < 1.29 is 4.74 Å². The molecule has 0 aliphatic carbocycles. The van der Waals surface area contributed by atoms with Gasteiger partial charge in [0.2, 0.25) is 0 Å². The third-order valence-corrected chi connectivity index (χ3v) is 3.86. The number of benzene rings is 3. The van der Waals surface area contributed by atoms with Crippen LogP contribution >= 0.6 is 0 Å². The van der Waals surface area contributed by atoms with Crippen molar-refractivity contribution >= 4 is 0 Å². The molecule has 0 aliphatic heterocycles. The molecule has 1 atom stereocenters. The van der Waals surface area contributed by atoms with Gasteiger partial charge in [-0.2, -0.15) is 0 Å². The molecule has 0 aromatic heterocycles. The van der Waals surface area contributed by atoms with Crippen molar-refractivity contribution in [3.8, 4) is 5.75 Å². The van der Waals surface area contributed by atoms with Gasteiger partial charge in [-0.25, -0.2) is 0 Å². The summed E-state index contributed by atoms with van der Waals surface area (Å²) in [5.41, 5.74) is 9.85. The van der Waals surface area contributed by atoms with E-state index in [2.05, 4.69) is 24.3 Å². The molecule has 3 aromatic carbocycles. The zero-order chi connectivity index (χ0) is 15.9. The van der Waals surface area contributed by atoms with Crippen molar-refractivity contribution in [1.29, 1.82) is 0 Å². The summed E-state index contributed by atoms with van der Waals surface area (Å²) in [6.07, 6.45) is 0.838. The Morgan fingerprint density at radius 2 is 1.26 bits per heavy atom. The van der Waals surface area contributed by atoms with E-state index < -0.39 is 0 Å². The molecule has 0 bridgehead atoms. The van der Waals surface area contributed by atoms with Gasteiger partial charge in [0.1, 0.15) is 12.4 Å². The minimum absolute atomic E-state index is 0.000531. The number of hydrogen-bond donors (Lipinski definition) is 1. The summed E-state index contributed by atoms with van der Waals surface area (Å²) in [7, 11) is 0. The second kappa shape index (κ2) is 7.61. The van der Waals surface area contributed by atoms with Crippen LogP contribution < -0.4 is 10.5 Å². The lowest BCUT2D eigenvalue weighted by Gasteiger charge is -2.13. The van der Waals surface area contributed by atoms with E-state index in [0.717, 1.165) is 23.3 Å². The minimum Gasteiger partial charge on any atom is -0.489 e. The van der Waals surface area contributed by atoms with Crippen LogP contribution in [0.3, 0.4) is 0 Å². The van der Waals surface area contributed by atoms with Crippen LogP contribution in [0.15, 0.2) is 84.9 Å². The molecule has 0 aliphatic rings. The van der Waals surface area contributed by atoms with E-state index in [4.69, 9.17) is 10.5 Å². The Bertz CT molecular complexity index is 708. The number of hydrogen-bond acceptors (Lipinski definition) is 2. The highest BCUT2D eigenvalue weighted by Gasteiger charge is 2.07. The van der Waals surface area contributed by atoms with E-state index in [1.54, 1.807) is 0 Å². The molecule has 0 heterocycles. The molecule has 23 heavy (non-hydrogen) atoms. The normalized spacial score (nSPS) is 11.9. The fourth-order valence-corrected chi connectivity index (χ4v) is 2.54. The van der Waals surface area contributed by atoms with Gasteiger partial charge in [-0.15, -0.1) is 0 Å². The molecule has 0 saturated heterocycles. The monoisotopic (exact) mass is 303 g/mol. The molecule has 116 valence electrons. The van der Waals surface area contributed by atoms with E-state index in [0.29, 0.717) is 6.61 Å². The fraction of sp³-hybridized carbons (Fsp3) is 0.143. The zero-order valence-electron chi connectivity index (χ0n) is 13.1. The van der Waals surface area contributed by atoms with Gasteiger partial charge in [-0.05, 0) is 35.2 Å². The van der Waals surface area contributed by atoms with E-state index in [1.165, 1.54) is 5.56 Å². The first-order valence-electron chi connectivity index (χ1n) is 7.87. The molecule has 0 amide bonds. The molecular weight excluding hydrogens is 282 g/mol. The van der Waals surface area contributed by atoms with Gasteiger partial charge in [0.15, 0.2) is 0 Å². The summed E-state index contributed by atoms with van der Waals surface area (Å²) in [5, 5.41) is 0. The zero-order valence-corrected chi connectivity index (χ0v) is 13.1. The van der Waals surface area contributed by atoms with E-state index >= 15 is 0 Å². The van der Waals surface area contributed by atoms with Crippen LogP contribution in [-0.2, 0) is 13.0 Å². The highest BCUT2D eigenvalue weighted by molar-refractivity contribution is 5.30. The van der Waals surface area contributed by atoms with Crippen molar-refractivity contribution in [3.05, 3.63) is 102 Å². The van der Waals surface area contributed by atoms with Gasteiger partial charge in [-0.3, -0.25) is 0 Å². The molecule has 0 spiro atoms. The van der Waals surface area contributed by atoms with Crippen molar-refractivity contribution in [1.82, 2.24) is 0 Å². The van der Waals surface area contributed by atoms with Gasteiger partial charge in [0, 0.05) is 6.04 Å². The molecule has 2 heteroatoms. The Hall–Kier alpha value is -2.58. The van der Waals surface area contributed by atoms with Crippen LogP contribution in [0.1, 0.15) is 22.7 Å². The van der Waals surface area contributed by atoms with Crippen LogP contribution in [0.25, 0.3) is 0 Å². The predicted octanol–water partition coefficient (Wildman–Crippen LogP) is 4.51. The molecule has 0 fully saturated rings. The number of nitrogens with two attached hydrogens (primary N) is 1. The maximum Gasteiger partial charge on any atom is 0.119 e. The molecule has 2 nitrogen and oxygen atoms in total. The third-order valence-electron chi connectivity index (χ3n) is 3.86. The Labute approximate surface area is 137 Å². The predicted molar refractivity (Wildman–Crippen MR) is 94.3 cm³/mol. The summed E-state index contributed by atoms with van der Waals surface area (Å²) in [6, 6.07) is 28.6. The lowest BCUT2D eigenvalue weighted by atomic mass is 10.00. The summed E-state index contributed by atoms with van der Waals surface area (Å²) < 4.78 is 5.80. The van der Waals surface area contributed by atoms with Crippen LogP contribution in [0.5, 0.6) is 5.75 Å². The van der Waals surface area contributed by atoms with Crippen LogP contribution in [0, 0.1) is 0 Å². The lowest BCUT2D eigenvalue weighted by molar-refractivity contribution is 0.306. The lowest BCUT2D eigenvalue weighted by Crippen LogP contribution is -2.13. The molecule has 3 aromatic rings. The molecule has 2 N–H and O–H groups in total. The van der Waals surface area contributed by atoms with Gasteiger partial charge in [0.25, 0.3) is 0 Å². The summed E-state index contributed by atoms with van der Waals surface area (Å²) in [5.74, 6) is 0.865. The summed E-state index contributed by atoms with van der Waals surface area (Å²) in [6.45, 7) is 0.580. The van der Waals surface area contributed by atoms with Gasteiger partial charge >= 0.3 is 0 Å². The quantitative estimate of drug-likeness (QED) is 0.727. The first-order valence-corrected chi connectivity index (χ1v) is 7.87. The Balaban J connectivity index is 1.58. The number of rotatable bonds is 6. The van der Waals surface area contributed by atoms with E-state index in [9.17, 15) is 0 Å². The second-order valence-electron chi connectivity index (χ2n) is 5.64. The SMILES string of the molecule is NC(Cc1ccccc1)c1ccc(OCc2ccccc2)cc1. The maximum atomic E-state index is 6.30. The maximum absolute atomic E-state index is 6.30. The van der Waals surface area contributed by atoms with E-state index in [1.807, 2.05) is 60.7 Å². The largest absolute Gasteiger partial charge is 0.489 e. The fourth-order valence-electron chi connectivity index (χ4n) is 2.54. The molecule has 1 unspecified atom stereocenters. The molecular formula is C21H21NO. The van der Waals surface area contributed by atoms with Crippen molar-refractivity contribution in [3.63, 3.8) is 0 Å². The Kier molecular flexibility index (Phi) is 5.07.